The van der Waals surface area contributed by atoms with E-state index in [1.54, 1.807) is 0 Å². The Kier molecular flexibility index (Phi) is 3.17. The second-order valence-electron chi connectivity index (χ2n) is 5.11. The van der Waals surface area contributed by atoms with Crippen LogP contribution in [0.5, 0.6) is 0 Å². The van der Waals surface area contributed by atoms with Crippen LogP contribution in [-0.2, 0) is 9.59 Å². The van der Waals surface area contributed by atoms with E-state index in [0.29, 0.717) is 24.8 Å². The third-order valence-electron chi connectivity index (χ3n) is 3.98. The van der Waals surface area contributed by atoms with Gasteiger partial charge in [0, 0.05) is 19.5 Å². The molecule has 90 valence electrons. The van der Waals surface area contributed by atoms with Crippen LogP contribution in [0.1, 0.15) is 39.0 Å². The molecule has 1 atom stereocenters. The van der Waals surface area contributed by atoms with E-state index in [9.17, 15) is 9.59 Å². The number of carbonyl (C=O) groups excluding carboxylic acids is 2. The second-order valence-corrected chi connectivity index (χ2v) is 5.11. The summed E-state index contributed by atoms with van der Waals surface area (Å²) < 4.78 is 0. The summed E-state index contributed by atoms with van der Waals surface area (Å²) in [4.78, 5) is 22.8. The molecule has 2 amide bonds. The fourth-order valence-electron chi connectivity index (χ4n) is 2.21. The first-order chi connectivity index (χ1) is 7.65. The third kappa shape index (κ3) is 2.54. The Labute approximate surface area is 96.2 Å². The first-order valence-electron chi connectivity index (χ1n) is 6.20. The predicted octanol–water partition coefficient (Wildman–Crippen LogP) is 0.819. The van der Waals surface area contributed by atoms with Crippen molar-refractivity contribution in [2.45, 2.75) is 39.0 Å². The van der Waals surface area contributed by atoms with E-state index in [0.717, 1.165) is 13.0 Å². The van der Waals surface area contributed by atoms with E-state index >= 15 is 0 Å². The zero-order valence-electron chi connectivity index (χ0n) is 9.84. The van der Waals surface area contributed by atoms with Crippen LogP contribution in [0.4, 0.5) is 0 Å². The van der Waals surface area contributed by atoms with E-state index in [1.807, 2.05) is 0 Å². The number of amides is 2. The van der Waals surface area contributed by atoms with Crippen molar-refractivity contribution in [3.63, 3.8) is 0 Å². The lowest BCUT2D eigenvalue weighted by atomic mass is 9.97. The van der Waals surface area contributed by atoms with Crippen LogP contribution in [0.15, 0.2) is 0 Å². The Bertz CT molecular complexity index is 287. The zero-order chi connectivity index (χ0) is 11.6. The molecule has 0 aromatic carbocycles. The smallest absolute Gasteiger partial charge is 0.224 e. The van der Waals surface area contributed by atoms with Crippen LogP contribution < -0.4 is 10.6 Å². The van der Waals surface area contributed by atoms with Crippen LogP contribution >= 0.6 is 0 Å². The molecule has 16 heavy (non-hydrogen) atoms. The summed E-state index contributed by atoms with van der Waals surface area (Å²) in [6.45, 7) is 3.50. The van der Waals surface area contributed by atoms with Gasteiger partial charge < -0.3 is 10.6 Å². The summed E-state index contributed by atoms with van der Waals surface area (Å²) in [6, 6.07) is 0. The average Bonchev–Trinajstić information content (AvgIpc) is 3.08. The minimum absolute atomic E-state index is 0.0228. The van der Waals surface area contributed by atoms with Crippen molar-refractivity contribution in [3.05, 3.63) is 0 Å². The summed E-state index contributed by atoms with van der Waals surface area (Å²) in [7, 11) is 0. The fourth-order valence-corrected chi connectivity index (χ4v) is 2.21. The van der Waals surface area contributed by atoms with Crippen molar-refractivity contribution < 1.29 is 9.59 Å². The van der Waals surface area contributed by atoms with E-state index in [-0.39, 0.29) is 17.7 Å². The number of carbonyl (C=O) groups is 2. The van der Waals surface area contributed by atoms with Gasteiger partial charge in [-0.1, -0.05) is 6.92 Å². The SMILES string of the molecule is CCC1(CNC(=O)C2CCC(=O)NC2)CC1. The fraction of sp³-hybridized carbons (Fsp3) is 0.833. The lowest BCUT2D eigenvalue weighted by Crippen LogP contribution is -2.44. The summed E-state index contributed by atoms with van der Waals surface area (Å²) in [6.07, 6.45) is 4.80. The molecular weight excluding hydrogens is 204 g/mol. The number of piperidine rings is 1. The molecule has 1 unspecified atom stereocenters. The molecule has 0 aromatic rings. The first-order valence-corrected chi connectivity index (χ1v) is 6.20. The van der Waals surface area contributed by atoms with Gasteiger partial charge in [0.15, 0.2) is 0 Å². The van der Waals surface area contributed by atoms with E-state index in [4.69, 9.17) is 0 Å². The largest absolute Gasteiger partial charge is 0.355 e. The van der Waals surface area contributed by atoms with Crippen molar-refractivity contribution in [1.29, 1.82) is 0 Å². The molecule has 1 heterocycles. The van der Waals surface area contributed by atoms with Crippen molar-refractivity contribution in [1.82, 2.24) is 10.6 Å². The topological polar surface area (TPSA) is 58.2 Å². The molecule has 0 spiro atoms. The van der Waals surface area contributed by atoms with Crippen molar-refractivity contribution in [3.8, 4) is 0 Å². The minimum atomic E-state index is -0.0228. The van der Waals surface area contributed by atoms with Crippen molar-refractivity contribution in [2.24, 2.45) is 11.3 Å². The van der Waals surface area contributed by atoms with Crippen molar-refractivity contribution in [2.75, 3.05) is 13.1 Å². The maximum atomic E-state index is 11.8. The van der Waals surface area contributed by atoms with Gasteiger partial charge in [-0.25, -0.2) is 0 Å². The molecule has 2 N–H and O–H groups in total. The van der Waals surface area contributed by atoms with Gasteiger partial charge in [-0.05, 0) is 31.1 Å². The lowest BCUT2D eigenvalue weighted by molar-refractivity contribution is -0.129. The Morgan fingerprint density at radius 1 is 1.56 bits per heavy atom. The highest BCUT2D eigenvalue weighted by Gasteiger charge is 2.41. The first kappa shape index (κ1) is 11.4. The molecule has 2 fully saturated rings. The predicted molar refractivity (Wildman–Crippen MR) is 60.7 cm³/mol. The quantitative estimate of drug-likeness (QED) is 0.742. The van der Waals surface area contributed by atoms with Gasteiger partial charge in [0.05, 0.1) is 5.92 Å². The van der Waals surface area contributed by atoms with Crippen LogP contribution in [0.3, 0.4) is 0 Å². The molecular formula is C12H20N2O2. The maximum absolute atomic E-state index is 11.8. The monoisotopic (exact) mass is 224 g/mol. The summed E-state index contributed by atoms with van der Waals surface area (Å²) in [5.41, 5.74) is 0.396. The van der Waals surface area contributed by atoms with Gasteiger partial charge in [-0.3, -0.25) is 9.59 Å². The molecule has 4 heteroatoms. The van der Waals surface area contributed by atoms with E-state index in [1.165, 1.54) is 12.8 Å². The number of rotatable bonds is 4. The van der Waals surface area contributed by atoms with Gasteiger partial charge in [0.25, 0.3) is 0 Å². The number of nitrogens with one attached hydrogen (secondary N) is 2. The summed E-state index contributed by atoms with van der Waals surface area (Å²) >= 11 is 0. The van der Waals surface area contributed by atoms with Gasteiger partial charge >= 0.3 is 0 Å². The lowest BCUT2D eigenvalue weighted by Gasteiger charge is -2.23. The molecule has 2 aliphatic rings. The molecule has 0 aromatic heterocycles. The van der Waals surface area contributed by atoms with Crippen molar-refractivity contribution >= 4 is 11.8 Å². The van der Waals surface area contributed by atoms with Gasteiger partial charge in [-0.15, -0.1) is 0 Å². The average molecular weight is 224 g/mol. The molecule has 1 aliphatic heterocycles. The van der Waals surface area contributed by atoms with Crippen LogP contribution in [0.2, 0.25) is 0 Å². The second kappa shape index (κ2) is 4.44. The zero-order valence-corrected chi connectivity index (χ0v) is 9.84. The third-order valence-corrected chi connectivity index (χ3v) is 3.98. The molecule has 0 bridgehead atoms. The highest BCUT2D eigenvalue weighted by molar-refractivity contribution is 5.83. The molecule has 2 rings (SSSR count). The maximum Gasteiger partial charge on any atom is 0.224 e. The standard InChI is InChI=1S/C12H20N2O2/c1-2-12(5-6-12)8-14-11(16)9-3-4-10(15)13-7-9/h9H,2-8H2,1H3,(H,13,15)(H,14,16). The van der Waals surface area contributed by atoms with E-state index < -0.39 is 0 Å². The highest BCUT2D eigenvalue weighted by Crippen LogP contribution is 2.47. The highest BCUT2D eigenvalue weighted by atomic mass is 16.2. The number of hydrogen-bond donors (Lipinski definition) is 2. The molecule has 1 saturated carbocycles. The molecule has 1 saturated heterocycles. The normalized spacial score (nSPS) is 27.1. The van der Waals surface area contributed by atoms with Gasteiger partial charge in [0.2, 0.25) is 11.8 Å². The van der Waals surface area contributed by atoms with Crippen LogP contribution in [-0.4, -0.2) is 24.9 Å². The Morgan fingerprint density at radius 3 is 2.81 bits per heavy atom. The Hall–Kier alpha value is -1.06. The Balaban J connectivity index is 1.73. The Morgan fingerprint density at radius 2 is 2.31 bits per heavy atom. The summed E-state index contributed by atoms with van der Waals surface area (Å²) in [5.74, 6) is 0.154. The van der Waals surface area contributed by atoms with E-state index in [2.05, 4.69) is 17.6 Å². The van der Waals surface area contributed by atoms with Crippen LogP contribution in [0.25, 0.3) is 0 Å². The minimum Gasteiger partial charge on any atom is -0.355 e. The number of hydrogen-bond acceptors (Lipinski definition) is 2. The molecule has 4 nitrogen and oxygen atoms in total. The van der Waals surface area contributed by atoms with Gasteiger partial charge in [-0.2, -0.15) is 0 Å². The molecule has 1 aliphatic carbocycles. The van der Waals surface area contributed by atoms with Gasteiger partial charge in [0.1, 0.15) is 0 Å². The molecule has 0 radical (unpaired) electrons. The van der Waals surface area contributed by atoms with Crippen LogP contribution in [0, 0.1) is 11.3 Å². The summed E-state index contributed by atoms with van der Waals surface area (Å²) in [5, 5.41) is 5.77.